The van der Waals surface area contributed by atoms with Crippen molar-refractivity contribution < 1.29 is 22.7 Å². The van der Waals surface area contributed by atoms with Gasteiger partial charge in [-0.2, -0.15) is 4.31 Å². The van der Waals surface area contributed by atoms with Crippen LogP contribution in [0.4, 0.5) is 0 Å². The molecule has 0 unspecified atom stereocenters. The van der Waals surface area contributed by atoms with Crippen molar-refractivity contribution in [2.45, 2.75) is 30.7 Å². The fourth-order valence-corrected chi connectivity index (χ4v) is 5.21. The number of carbonyl (C=O) groups excluding carboxylic acids is 1. The minimum absolute atomic E-state index is 0.0816. The van der Waals surface area contributed by atoms with E-state index in [-0.39, 0.29) is 22.8 Å². The number of esters is 1. The van der Waals surface area contributed by atoms with E-state index in [0.717, 1.165) is 24.8 Å². The molecule has 4 rings (SSSR count). The van der Waals surface area contributed by atoms with Crippen LogP contribution in [0.2, 0.25) is 0 Å². The van der Waals surface area contributed by atoms with Gasteiger partial charge in [0.2, 0.25) is 10.0 Å². The summed E-state index contributed by atoms with van der Waals surface area (Å²) in [6.45, 7) is 0.191. The third kappa shape index (κ3) is 4.54. The molecule has 1 aliphatic carbocycles. The van der Waals surface area contributed by atoms with E-state index in [1.54, 1.807) is 6.07 Å². The van der Waals surface area contributed by atoms with Gasteiger partial charge in [-0.25, -0.2) is 13.2 Å². The van der Waals surface area contributed by atoms with Gasteiger partial charge in [0, 0.05) is 13.6 Å². The van der Waals surface area contributed by atoms with E-state index >= 15 is 0 Å². The topological polar surface area (TPSA) is 72.9 Å². The Morgan fingerprint density at radius 2 is 1.72 bits per heavy atom. The molecular weight excluding hydrogens is 426 g/mol. The zero-order chi connectivity index (χ0) is 22.7. The molecule has 3 aromatic carbocycles. The molecule has 0 amide bonds. The van der Waals surface area contributed by atoms with E-state index in [2.05, 4.69) is 0 Å². The molecule has 0 spiro atoms. The highest BCUT2D eigenvalue weighted by Crippen LogP contribution is 2.30. The van der Waals surface area contributed by atoms with Crippen molar-refractivity contribution in [3.05, 3.63) is 89.0 Å². The monoisotopic (exact) mass is 451 g/mol. The van der Waals surface area contributed by atoms with Crippen molar-refractivity contribution >= 4 is 16.0 Å². The van der Waals surface area contributed by atoms with E-state index in [1.807, 2.05) is 42.5 Å². The minimum atomic E-state index is -3.92. The van der Waals surface area contributed by atoms with Crippen LogP contribution in [0, 0.1) is 0 Å². The number of nitrogens with zero attached hydrogens (tertiary/aromatic N) is 1. The maximum absolute atomic E-state index is 13.3. The molecule has 0 saturated heterocycles. The number of rotatable bonds is 7. The number of fused-ring (bicyclic) bond motifs is 1. The molecule has 166 valence electrons. The van der Waals surface area contributed by atoms with Crippen LogP contribution >= 0.6 is 0 Å². The average molecular weight is 452 g/mol. The van der Waals surface area contributed by atoms with Gasteiger partial charge in [0.25, 0.3) is 0 Å². The number of hydrogen-bond acceptors (Lipinski definition) is 5. The standard InChI is InChI=1S/C25H25NO5S/c1-26(17-18-7-4-3-5-8-18)32(28,29)24-16-21(12-14-23(24)30-2)25(27)31-22-13-11-19-9-6-10-20(19)15-22/h3-5,7-8,11-16H,6,9-10,17H2,1-2H3. The SMILES string of the molecule is COc1ccc(C(=O)Oc2ccc3c(c2)CCC3)cc1S(=O)(=O)N(C)Cc1ccccc1. The average Bonchev–Trinajstić information content (AvgIpc) is 3.27. The number of ether oxygens (including phenoxy) is 2. The number of carbonyl (C=O) groups is 1. The van der Waals surface area contributed by atoms with Crippen LogP contribution in [-0.4, -0.2) is 32.8 Å². The predicted molar refractivity (Wildman–Crippen MR) is 122 cm³/mol. The third-order valence-corrected chi connectivity index (χ3v) is 7.44. The lowest BCUT2D eigenvalue weighted by molar-refractivity contribution is 0.0734. The summed E-state index contributed by atoms with van der Waals surface area (Å²) in [5, 5.41) is 0. The molecule has 7 heteroatoms. The summed E-state index contributed by atoms with van der Waals surface area (Å²) in [5.41, 5.74) is 3.46. The summed E-state index contributed by atoms with van der Waals surface area (Å²) < 4.78 is 38.6. The van der Waals surface area contributed by atoms with E-state index in [9.17, 15) is 13.2 Å². The molecule has 0 bridgehead atoms. The lowest BCUT2D eigenvalue weighted by atomic mass is 10.1. The van der Waals surface area contributed by atoms with Crippen molar-refractivity contribution in [3.8, 4) is 11.5 Å². The Morgan fingerprint density at radius 1 is 0.969 bits per heavy atom. The number of hydrogen-bond donors (Lipinski definition) is 0. The van der Waals surface area contributed by atoms with Crippen LogP contribution in [0.15, 0.2) is 71.6 Å². The molecule has 1 aliphatic rings. The van der Waals surface area contributed by atoms with Gasteiger partial charge in [-0.05, 0) is 66.3 Å². The van der Waals surface area contributed by atoms with Crippen molar-refractivity contribution in [2.75, 3.05) is 14.2 Å². The smallest absolute Gasteiger partial charge is 0.343 e. The zero-order valence-electron chi connectivity index (χ0n) is 18.1. The Hall–Kier alpha value is -3.16. The van der Waals surface area contributed by atoms with E-state index in [4.69, 9.17) is 9.47 Å². The molecule has 0 aromatic heterocycles. The van der Waals surface area contributed by atoms with Gasteiger partial charge in [0.1, 0.15) is 16.4 Å². The lowest BCUT2D eigenvalue weighted by Crippen LogP contribution is -2.27. The lowest BCUT2D eigenvalue weighted by Gasteiger charge is -2.19. The maximum Gasteiger partial charge on any atom is 0.343 e. The van der Waals surface area contributed by atoms with Crippen molar-refractivity contribution in [1.82, 2.24) is 4.31 Å². The second kappa shape index (κ2) is 9.14. The second-order valence-electron chi connectivity index (χ2n) is 7.79. The van der Waals surface area contributed by atoms with E-state index in [1.165, 1.54) is 47.8 Å². The maximum atomic E-state index is 13.3. The molecular formula is C25H25NO5S. The van der Waals surface area contributed by atoms with Gasteiger partial charge < -0.3 is 9.47 Å². The van der Waals surface area contributed by atoms with E-state index in [0.29, 0.717) is 5.75 Å². The van der Waals surface area contributed by atoms with Crippen LogP contribution in [0.3, 0.4) is 0 Å². The third-order valence-electron chi connectivity index (χ3n) is 5.62. The van der Waals surface area contributed by atoms with Crippen molar-refractivity contribution in [1.29, 1.82) is 0 Å². The highest BCUT2D eigenvalue weighted by molar-refractivity contribution is 7.89. The fraction of sp³-hybridized carbons (Fsp3) is 0.240. The molecule has 32 heavy (non-hydrogen) atoms. The van der Waals surface area contributed by atoms with Gasteiger partial charge in [-0.1, -0.05) is 36.4 Å². The Bertz CT molecular complexity index is 1240. The summed E-state index contributed by atoms with van der Waals surface area (Å²) in [6, 6.07) is 19.2. The van der Waals surface area contributed by atoms with E-state index < -0.39 is 16.0 Å². The Balaban J connectivity index is 1.59. The number of aryl methyl sites for hydroxylation is 2. The molecule has 0 aliphatic heterocycles. The highest BCUT2D eigenvalue weighted by Gasteiger charge is 2.27. The van der Waals surface area contributed by atoms with Gasteiger partial charge in [-0.15, -0.1) is 0 Å². The summed E-state index contributed by atoms with van der Waals surface area (Å²) in [5.74, 6) is 0.00354. The van der Waals surface area contributed by atoms with Crippen LogP contribution < -0.4 is 9.47 Å². The van der Waals surface area contributed by atoms with Gasteiger partial charge in [0.15, 0.2) is 0 Å². The Kier molecular flexibility index (Phi) is 6.30. The first-order chi connectivity index (χ1) is 15.4. The number of sulfonamides is 1. The normalized spacial score (nSPS) is 13.1. The first-order valence-electron chi connectivity index (χ1n) is 10.4. The summed E-state index contributed by atoms with van der Waals surface area (Å²) in [7, 11) is -1.02. The van der Waals surface area contributed by atoms with Crippen molar-refractivity contribution in [3.63, 3.8) is 0 Å². The predicted octanol–water partition coefficient (Wildman–Crippen LogP) is 4.22. The molecule has 0 radical (unpaired) electrons. The molecule has 0 saturated carbocycles. The van der Waals surface area contributed by atoms with Gasteiger partial charge in [-0.3, -0.25) is 0 Å². The molecule has 0 heterocycles. The molecule has 0 atom stereocenters. The quantitative estimate of drug-likeness (QED) is 0.397. The molecule has 6 nitrogen and oxygen atoms in total. The molecule has 0 fully saturated rings. The molecule has 3 aromatic rings. The fourth-order valence-electron chi connectivity index (χ4n) is 3.88. The Morgan fingerprint density at radius 3 is 2.47 bits per heavy atom. The zero-order valence-corrected chi connectivity index (χ0v) is 18.9. The number of methoxy groups -OCH3 is 1. The highest BCUT2D eigenvalue weighted by atomic mass is 32.2. The van der Waals surface area contributed by atoms with Gasteiger partial charge in [0.05, 0.1) is 12.7 Å². The molecule has 0 N–H and O–H groups in total. The Labute approximate surface area is 188 Å². The minimum Gasteiger partial charge on any atom is -0.495 e. The van der Waals surface area contributed by atoms with Crippen LogP contribution in [0.5, 0.6) is 11.5 Å². The number of benzene rings is 3. The van der Waals surface area contributed by atoms with Gasteiger partial charge >= 0.3 is 5.97 Å². The summed E-state index contributed by atoms with van der Waals surface area (Å²) in [6.07, 6.45) is 3.11. The van der Waals surface area contributed by atoms with Crippen LogP contribution in [-0.2, 0) is 29.4 Å². The van der Waals surface area contributed by atoms with Crippen LogP contribution in [0.1, 0.15) is 33.5 Å². The second-order valence-corrected chi connectivity index (χ2v) is 9.80. The van der Waals surface area contributed by atoms with Crippen molar-refractivity contribution in [2.24, 2.45) is 0 Å². The first-order valence-corrected chi connectivity index (χ1v) is 11.8. The van der Waals surface area contributed by atoms with Crippen LogP contribution in [0.25, 0.3) is 0 Å². The summed E-state index contributed by atoms with van der Waals surface area (Å²) in [4.78, 5) is 12.7. The largest absolute Gasteiger partial charge is 0.495 e. The summed E-state index contributed by atoms with van der Waals surface area (Å²) >= 11 is 0. The first kappa shape index (κ1) is 22.0.